The fourth-order valence-electron chi connectivity index (χ4n) is 5.78. The Bertz CT molecular complexity index is 908. The number of hydrogen-bond acceptors (Lipinski definition) is 7. The standard InChI is InChI=1S/C22H25NO7/c1-3-27-20(25)22(21(26)28-4-2)6-5-12-8-17(24)23-10-13-7-15-16(30-11-29-15)9-14(13)18(22)19(12)23/h7,9,12,18-19H,3-6,8,10-11H2,1-2H3/t12-,18-,19+/m0/s1. The van der Waals surface area contributed by atoms with Gasteiger partial charge in [-0.3, -0.25) is 14.4 Å². The van der Waals surface area contributed by atoms with E-state index >= 15 is 0 Å². The quantitative estimate of drug-likeness (QED) is 0.550. The largest absolute Gasteiger partial charge is 0.465 e. The third kappa shape index (κ3) is 2.48. The fraction of sp³-hybridized carbons (Fsp3) is 0.591. The van der Waals surface area contributed by atoms with Crippen LogP contribution in [0.15, 0.2) is 12.1 Å². The van der Waals surface area contributed by atoms with Crippen LogP contribution in [0.3, 0.4) is 0 Å². The smallest absolute Gasteiger partial charge is 0.324 e. The van der Waals surface area contributed by atoms with Crippen LogP contribution in [-0.2, 0) is 30.4 Å². The van der Waals surface area contributed by atoms with Crippen LogP contribution >= 0.6 is 0 Å². The molecular formula is C22H25NO7. The summed E-state index contributed by atoms with van der Waals surface area (Å²) in [5.74, 6) is -0.327. The van der Waals surface area contributed by atoms with Gasteiger partial charge in [-0.05, 0) is 55.9 Å². The van der Waals surface area contributed by atoms with Crippen LogP contribution in [0.2, 0.25) is 0 Å². The molecule has 1 saturated carbocycles. The van der Waals surface area contributed by atoms with Crippen molar-refractivity contribution in [3.8, 4) is 11.5 Å². The summed E-state index contributed by atoms with van der Waals surface area (Å²) >= 11 is 0. The predicted octanol–water partition coefficient (Wildman–Crippen LogP) is 2.14. The molecule has 0 radical (unpaired) electrons. The molecule has 1 aromatic carbocycles. The molecule has 1 aliphatic carbocycles. The second kappa shape index (κ2) is 6.89. The summed E-state index contributed by atoms with van der Waals surface area (Å²) in [4.78, 5) is 41.4. The summed E-state index contributed by atoms with van der Waals surface area (Å²) < 4.78 is 22.0. The lowest BCUT2D eigenvalue weighted by molar-refractivity contribution is -0.180. The van der Waals surface area contributed by atoms with Crippen molar-refractivity contribution in [1.82, 2.24) is 4.90 Å². The molecule has 0 bridgehead atoms. The molecule has 0 spiro atoms. The highest BCUT2D eigenvalue weighted by molar-refractivity contribution is 6.02. The lowest BCUT2D eigenvalue weighted by atomic mass is 9.57. The number of nitrogens with zero attached hydrogens (tertiary/aromatic N) is 1. The van der Waals surface area contributed by atoms with Gasteiger partial charge in [-0.2, -0.15) is 0 Å². The summed E-state index contributed by atoms with van der Waals surface area (Å²) in [5, 5.41) is 0. The van der Waals surface area contributed by atoms with Gasteiger partial charge in [0, 0.05) is 24.9 Å². The molecule has 8 nitrogen and oxygen atoms in total. The van der Waals surface area contributed by atoms with E-state index in [1.807, 2.05) is 17.0 Å². The van der Waals surface area contributed by atoms with Crippen molar-refractivity contribution in [2.45, 2.75) is 51.6 Å². The zero-order valence-corrected chi connectivity index (χ0v) is 17.1. The minimum Gasteiger partial charge on any atom is -0.465 e. The highest BCUT2D eigenvalue weighted by Crippen LogP contribution is 2.59. The lowest BCUT2D eigenvalue weighted by Gasteiger charge is -2.51. The van der Waals surface area contributed by atoms with E-state index < -0.39 is 23.3 Å². The molecule has 0 N–H and O–H groups in total. The Morgan fingerprint density at radius 2 is 1.80 bits per heavy atom. The number of carbonyl (C=O) groups excluding carboxylic acids is 3. The van der Waals surface area contributed by atoms with Gasteiger partial charge in [-0.25, -0.2) is 0 Å². The summed E-state index contributed by atoms with van der Waals surface area (Å²) in [5.41, 5.74) is 0.231. The first kappa shape index (κ1) is 19.2. The number of amides is 1. The Labute approximate surface area is 174 Å². The Balaban J connectivity index is 1.72. The van der Waals surface area contributed by atoms with Crippen molar-refractivity contribution in [1.29, 1.82) is 0 Å². The average molecular weight is 415 g/mol. The fourth-order valence-corrected chi connectivity index (χ4v) is 5.78. The number of rotatable bonds is 4. The van der Waals surface area contributed by atoms with Crippen molar-refractivity contribution in [2.75, 3.05) is 20.0 Å². The highest BCUT2D eigenvalue weighted by Gasteiger charge is 2.66. The van der Waals surface area contributed by atoms with E-state index in [9.17, 15) is 14.4 Å². The minimum absolute atomic E-state index is 0.0573. The first-order valence-electron chi connectivity index (χ1n) is 10.6. The number of carbonyl (C=O) groups is 3. The molecule has 5 rings (SSSR count). The van der Waals surface area contributed by atoms with Gasteiger partial charge in [0.05, 0.1) is 13.2 Å². The van der Waals surface area contributed by atoms with Crippen LogP contribution in [0.1, 0.15) is 50.2 Å². The molecule has 1 saturated heterocycles. The molecule has 0 aromatic heterocycles. The molecule has 1 aromatic rings. The van der Waals surface area contributed by atoms with Gasteiger partial charge in [-0.15, -0.1) is 0 Å². The van der Waals surface area contributed by atoms with E-state index in [1.165, 1.54) is 0 Å². The van der Waals surface area contributed by atoms with Crippen LogP contribution in [0, 0.1) is 11.3 Å². The van der Waals surface area contributed by atoms with Gasteiger partial charge < -0.3 is 23.8 Å². The molecule has 1 amide bonds. The van der Waals surface area contributed by atoms with Gasteiger partial charge in [0.2, 0.25) is 12.7 Å². The molecule has 2 fully saturated rings. The summed E-state index contributed by atoms with van der Waals surface area (Å²) in [6.07, 6.45) is 1.33. The van der Waals surface area contributed by atoms with Crippen LogP contribution < -0.4 is 9.47 Å². The molecule has 160 valence electrons. The maximum Gasteiger partial charge on any atom is 0.324 e. The monoisotopic (exact) mass is 415 g/mol. The van der Waals surface area contributed by atoms with Crippen molar-refractivity contribution in [2.24, 2.45) is 11.3 Å². The first-order valence-corrected chi connectivity index (χ1v) is 10.6. The summed E-state index contributed by atoms with van der Waals surface area (Å²) in [6.45, 7) is 4.33. The maximum absolute atomic E-state index is 13.4. The molecule has 3 aliphatic heterocycles. The first-order chi connectivity index (χ1) is 14.5. The number of ether oxygens (including phenoxy) is 4. The number of hydrogen-bond donors (Lipinski definition) is 0. The van der Waals surface area contributed by atoms with Crippen LogP contribution in [-0.4, -0.2) is 48.8 Å². The third-order valence-electron chi connectivity index (χ3n) is 6.97. The Morgan fingerprint density at radius 1 is 1.13 bits per heavy atom. The predicted molar refractivity (Wildman–Crippen MR) is 103 cm³/mol. The SMILES string of the molecule is CCOC(=O)C1(C(=O)OCC)CC[C@H]2CC(=O)N3Cc4cc5c(cc4[C@H]1[C@@H]23)OCO5. The molecule has 8 heteroatoms. The summed E-state index contributed by atoms with van der Waals surface area (Å²) in [7, 11) is 0. The molecular weight excluding hydrogens is 390 g/mol. The van der Waals surface area contributed by atoms with Crippen molar-refractivity contribution in [3.05, 3.63) is 23.3 Å². The number of esters is 2. The second-order valence-electron chi connectivity index (χ2n) is 8.31. The number of fused-ring (bicyclic) bond motifs is 3. The third-order valence-corrected chi connectivity index (χ3v) is 6.97. The minimum atomic E-state index is -1.49. The summed E-state index contributed by atoms with van der Waals surface area (Å²) in [6, 6.07) is 3.50. The van der Waals surface area contributed by atoms with E-state index in [0.717, 1.165) is 11.1 Å². The van der Waals surface area contributed by atoms with E-state index in [2.05, 4.69) is 0 Å². The number of benzene rings is 1. The normalized spacial score (nSPS) is 27.3. The molecule has 0 unspecified atom stereocenters. The lowest BCUT2D eigenvalue weighted by Crippen LogP contribution is -2.59. The zero-order chi connectivity index (χ0) is 21.0. The van der Waals surface area contributed by atoms with E-state index in [1.54, 1.807) is 13.8 Å². The highest BCUT2D eigenvalue weighted by atomic mass is 16.7. The van der Waals surface area contributed by atoms with Crippen molar-refractivity contribution >= 4 is 17.8 Å². The van der Waals surface area contributed by atoms with E-state index in [0.29, 0.717) is 37.3 Å². The van der Waals surface area contributed by atoms with Gasteiger partial charge in [-0.1, -0.05) is 0 Å². The Hall–Kier alpha value is -2.77. The van der Waals surface area contributed by atoms with E-state index in [4.69, 9.17) is 18.9 Å². The Morgan fingerprint density at radius 3 is 2.47 bits per heavy atom. The Kier molecular flexibility index (Phi) is 4.41. The zero-order valence-electron chi connectivity index (χ0n) is 17.1. The van der Waals surface area contributed by atoms with Gasteiger partial charge in [0.25, 0.3) is 0 Å². The van der Waals surface area contributed by atoms with Crippen LogP contribution in [0.25, 0.3) is 0 Å². The van der Waals surface area contributed by atoms with Gasteiger partial charge >= 0.3 is 11.9 Å². The second-order valence-corrected chi connectivity index (χ2v) is 8.31. The molecule has 4 aliphatic rings. The van der Waals surface area contributed by atoms with Crippen molar-refractivity contribution in [3.63, 3.8) is 0 Å². The van der Waals surface area contributed by atoms with Crippen LogP contribution in [0.4, 0.5) is 0 Å². The topological polar surface area (TPSA) is 91.4 Å². The molecule has 30 heavy (non-hydrogen) atoms. The van der Waals surface area contributed by atoms with Gasteiger partial charge in [0.15, 0.2) is 16.9 Å². The molecule has 3 heterocycles. The molecule has 3 atom stereocenters. The maximum atomic E-state index is 13.4. The average Bonchev–Trinajstić information content (AvgIpc) is 3.31. The van der Waals surface area contributed by atoms with Crippen molar-refractivity contribution < 1.29 is 33.3 Å². The van der Waals surface area contributed by atoms with E-state index in [-0.39, 0.29) is 37.9 Å². The van der Waals surface area contributed by atoms with Crippen LogP contribution in [0.5, 0.6) is 11.5 Å². The van der Waals surface area contributed by atoms with Gasteiger partial charge in [0.1, 0.15) is 0 Å².